The second-order valence-electron chi connectivity index (χ2n) is 4.97. The van der Waals surface area contributed by atoms with Gasteiger partial charge in [0.1, 0.15) is 5.69 Å². The van der Waals surface area contributed by atoms with Gasteiger partial charge < -0.3 is 4.52 Å². The largest absolute Gasteiger partial charge is 0.332 e. The van der Waals surface area contributed by atoms with Crippen LogP contribution in [0.4, 0.5) is 0 Å². The highest BCUT2D eigenvalue weighted by molar-refractivity contribution is 6.30. The Labute approximate surface area is 136 Å². The van der Waals surface area contributed by atoms with E-state index in [0.29, 0.717) is 22.4 Å². The van der Waals surface area contributed by atoms with Crippen LogP contribution in [0.25, 0.3) is 34.2 Å². The Morgan fingerprint density at radius 3 is 2.57 bits per heavy atom. The van der Waals surface area contributed by atoms with Crippen molar-refractivity contribution in [2.75, 3.05) is 0 Å². The lowest BCUT2D eigenvalue weighted by Crippen LogP contribution is -1.81. The van der Waals surface area contributed by atoms with Crippen LogP contribution in [0, 0.1) is 0 Å². The van der Waals surface area contributed by atoms with Gasteiger partial charge in [-0.25, -0.2) is 0 Å². The van der Waals surface area contributed by atoms with Gasteiger partial charge in [-0.3, -0.25) is 5.10 Å². The molecule has 0 aliphatic heterocycles. The summed E-state index contributed by atoms with van der Waals surface area (Å²) in [5, 5.41) is 11.8. The molecule has 0 amide bonds. The van der Waals surface area contributed by atoms with Crippen LogP contribution in [-0.2, 0) is 0 Å². The van der Waals surface area contributed by atoms with Gasteiger partial charge in [0.2, 0.25) is 5.82 Å². The molecular formula is C17H11ClN4O. The van der Waals surface area contributed by atoms with E-state index in [9.17, 15) is 0 Å². The minimum Gasteiger partial charge on any atom is -0.332 e. The van der Waals surface area contributed by atoms with Crippen molar-refractivity contribution in [1.82, 2.24) is 20.3 Å². The van der Waals surface area contributed by atoms with E-state index in [1.807, 2.05) is 48.5 Å². The van der Waals surface area contributed by atoms with Crippen LogP contribution >= 0.6 is 11.6 Å². The predicted octanol–water partition coefficient (Wildman–Crippen LogP) is 4.45. The topological polar surface area (TPSA) is 67.6 Å². The minimum absolute atomic E-state index is 0.384. The van der Waals surface area contributed by atoms with Crippen LogP contribution in [0.15, 0.2) is 65.2 Å². The van der Waals surface area contributed by atoms with Crippen molar-refractivity contribution >= 4 is 11.6 Å². The number of aromatic nitrogens is 4. The summed E-state index contributed by atoms with van der Waals surface area (Å²) in [7, 11) is 0. The van der Waals surface area contributed by atoms with Gasteiger partial charge in [-0.2, -0.15) is 10.1 Å². The molecule has 2 aromatic heterocycles. The smallest absolute Gasteiger partial charge is 0.276 e. The first-order chi connectivity index (χ1) is 11.3. The average Bonchev–Trinajstić information content (AvgIpc) is 3.25. The normalized spacial score (nSPS) is 10.8. The van der Waals surface area contributed by atoms with Crippen LogP contribution in [0.1, 0.15) is 0 Å². The van der Waals surface area contributed by atoms with Crippen molar-refractivity contribution in [3.63, 3.8) is 0 Å². The third-order valence-electron chi connectivity index (χ3n) is 3.39. The minimum atomic E-state index is 0.384. The first-order valence-electron chi connectivity index (χ1n) is 7.00. The molecule has 23 heavy (non-hydrogen) atoms. The maximum absolute atomic E-state index is 5.99. The van der Waals surface area contributed by atoms with Gasteiger partial charge in [0.15, 0.2) is 0 Å². The lowest BCUT2D eigenvalue weighted by molar-refractivity contribution is 0.431. The summed E-state index contributed by atoms with van der Waals surface area (Å²) < 4.78 is 5.32. The number of hydrogen-bond donors (Lipinski definition) is 1. The zero-order valence-corrected chi connectivity index (χ0v) is 12.7. The fraction of sp³-hybridized carbons (Fsp3) is 0. The summed E-state index contributed by atoms with van der Waals surface area (Å²) in [5.74, 6) is 0.869. The fourth-order valence-corrected chi connectivity index (χ4v) is 2.46. The quantitative estimate of drug-likeness (QED) is 0.605. The molecule has 0 bridgehead atoms. The second-order valence-corrected chi connectivity index (χ2v) is 5.40. The molecule has 4 rings (SSSR count). The zero-order valence-electron chi connectivity index (χ0n) is 11.9. The van der Waals surface area contributed by atoms with Crippen molar-refractivity contribution in [2.24, 2.45) is 0 Å². The van der Waals surface area contributed by atoms with Crippen LogP contribution in [0.3, 0.4) is 0 Å². The maximum Gasteiger partial charge on any atom is 0.276 e. The molecule has 4 aromatic rings. The predicted molar refractivity (Wildman–Crippen MR) is 87.8 cm³/mol. The molecule has 0 saturated carbocycles. The van der Waals surface area contributed by atoms with Crippen LogP contribution in [-0.4, -0.2) is 20.3 Å². The number of benzene rings is 2. The summed E-state index contributed by atoms with van der Waals surface area (Å²) in [6.07, 6.45) is 0. The molecule has 1 N–H and O–H groups in total. The third kappa shape index (κ3) is 2.74. The van der Waals surface area contributed by atoms with E-state index >= 15 is 0 Å². The van der Waals surface area contributed by atoms with Gasteiger partial charge in [0.05, 0.1) is 5.69 Å². The second kappa shape index (κ2) is 5.70. The van der Waals surface area contributed by atoms with Crippen molar-refractivity contribution in [3.05, 3.63) is 65.7 Å². The Balaban J connectivity index is 1.66. The van der Waals surface area contributed by atoms with E-state index in [4.69, 9.17) is 16.1 Å². The van der Waals surface area contributed by atoms with Gasteiger partial charge in [-0.1, -0.05) is 59.2 Å². The molecule has 0 atom stereocenters. The van der Waals surface area contributed by atoms with Crippen molar-refractivity contribution in [3.8, 4) is 34.2 Å². The lowest BCUT2D eigenvalue weighted by Gasteiger charge is -1.93. The summed E-state index contributed by atoms with van der Waals surface area (Å²) in [6.45, 7) is 0. The van der Waals surface area contributed by atoms with E-state index in [1.54, 1.807) is 12.1 Å². The van der Waals surface area contributed by atoms with Crippen molar-refractivity contribution in [2.45, 2.75) is 0 Å². The number of aromatic amines is 1. The van der Waals surface area contributed by atoms with Crippen LogP contribution in [0.2, 0.25) is 5.02 Å². The molecule has 0 aliphatic carbocycles. The molecule has 2 aromatic carbocycles. The number of halogens is 1. The molecule has 0 spiro atoms. The third-order valence-corrected chi connectivity index (χ3v) is 3.62. The number of H-pyrrole nitrogens is 1. The molecule has 5 nitrogen and oxygen atoms in total. The van der Waals surface area contributed by atoms with E-state index in [0.717, 1.165) is 16.8 Å². The average molecular weight is 323 g/mol. The number of hydrogen-bond acceptors (Lipinski definition) is 4. The Bertz CT molecular complexity index is 946. The Morgan fingerprint density at radius 2 is 1.74 bits per heavy atom. The van der Waals surface area contributed by atoms with E-state index < -0.39 is 0 Å². The number of rotatable bonds is 3. The van der Waals surface area contributed by atoms with Gasteiger partial charge in [0.25, 0.3) is 5.89 Å². The molecule has 0 fully saturated rings. The van der Waals surface area contributed by atoms with Crippen molar-refractivity contribution in [1.29, 1.82) is 0 Å². The van der Waals surface area contributed by atoms with E-state index in [1.165, 1.54) is 0 Å². The summed E-state index contributed by atoms with van der Waals surface area (Å²) >= 11 is 5.99. The van der Waals surface area contributed by atoms with Gasteiger partial charge >= 0.3 is 0 Å². The summed E-state index contributed by atoms with van der Waals surface area (Å²) in [6, 6.07) is 19.1. The monoisotopic (exact) mass is 322 g/mol. The molecule has 112 valence electrons. The van der Waals surface area contributed by atoms with Crippen LogP contribution in [0.5, 0.6) is 0 Å². The Morgan fingerprint density at radius 1 is 0.913 bits per heavy atom. The molecule has 6 heteroatoms. The Hall–Kier alpha value is -2.92. The van der Waals surface area contributed by atoms with Gasteiger partial charge in [-0.15, -0.1) is 0 Å². The standard InChI is InChI=1S/C17H11ClN4O/c18-13-8-4-7-12(9-13)16-19-17(23-22-16)15-10-14(20-21-15)11-5-2-1-3-6-11/h1-10H,(H,20,21). The highest BCUT2D eigenvalue weighted by atomic mass is 35.5. The summed E-state index contributed by atoms with van der Waals surface area (Å²) in [5.41, 5.74) is 3.31. The highest BCUT2D eigenvalue weighted by Gasteiger charge is 2.14. The van der Waals surface area contributed by atoms with Crippen LogP contribution < -0.4 is 0 Å². The molecule has 0 aliphatic rings. The molecule has 0 unspecified atom stereocenters. The summed E-state index contributed by atoms with van der Waals surface area (Å²) in [4.78, 5) is 4.39. The zero-order chi connectivity index (χ0) is 15.6. The maximum atomic E-state index is 5.99. The number of nitrogens with zero attached hydrogens (tertiary/aromatic N) is 3. The first kappa shape index (κ1) is 13.7. The van der Waals surface area contributed by atoms with E-state index in [-0.39, 0.29) is 0 Å². The molecular weight excluding hydrogens is 312 g/mol. The lowest BCUT2D eigenvalue weighted by atomic mass is 10.1. The molecule has 2 heterocycles. The van der Waals surface area contributed by atoms with Crippen molar-refractivity contribution < 1.29 is 4.52 Å². The van der Waals surface area contributed by atoms with E-state index in [2.05, 4.69) is 20.3 Å². The molecule has 0 radical (unpaired) electrons. The Kier molecular flexibility index (Phi) is 3.40. The molecule has 0 saturated heterocycles. The number of nitrogens with one attached hydrogen (secondary N) is 1. The SMILES string of the molecule is Clc1cccc(-c2noc(-c3cc(-c4ccccc4)n[nH]3)n2)c1. The van der Waals surface area contributed by atoms with Gasteiger partial charge in [-0.05, 0) is 18.2 Å². The fourth-order valence-electron chi connectivity index (χ4n) is 2.27. The highest BCUT2D eigenvalue weighted by Crippen LogP contribution is 2.25. The van der Waals surface area contributed by atoms with Gasteiger partial charge in [0, 0.05) is 16.1 Å². The first-order valence-corrected chi connectivity index (χ1v) is 7.38.